The molecule has 1 aliphatic rings. The molecule has 2 rings (SSSR count). The van der Waals surface area contributed by atoms with Crippen LogP contribution in [-0.4, -0.2) is 33.1 Å². The van der Waals surface area contributed by atoms with E-state index < -0.39 is 9.84 Å². The standard InChI is InChI=1S/C13H19NO3S/c1-10(11-3-5-13(17-2)6-4-11)14-12-7-8-18(15,16)9-12/h3-6,10,12,14H,7-9H2,1-2H3. The lowest BCUT2D eigenvalue weighted by molar-refractivity contribution is 0.414. The molecule has 1 aromatic rings. The van der Waals surface area contributed by atoms with E-state index in [2.05, 4.69) is 5.32 Å². The SMILES string of the molecule is COc1ccc(C(C)NC2CCS(=O)(=O)C2)cc1. The van der Waals surface area contributed by atoms with Gasteiger partial charge in [-0.25, -0.2) is 8.42 Å². The van der Waals surface area contributed by atoms with Gasteiger partial charge in [-0.1, -0.05) is 12.1 Å². The molecule has 1 saturated heterocycles. The molecule has 0 aromatic heterocycles. The van der Waals surface area contributed by atoms with Crippen LogP contribution in [-0.2, 0) is 9.84 Å². The molecule has 2 unspecified atom stereocenters. The second-order valence-electron chi connectivity index (χ2n) is 4.76. The summed E-state index contributed by atoms with van der Waals surface area (Å²) < 4.78 is 27.9. The third-order valence-electron chi connectivity index (χ3n) is 3.33. The Morgan fingerprint density at radius 2 is 2.00 bits per heavy atom. The monoisotopic (exact) mass is 269 g/mol. The smallest absolute Gasteiger partial charge is 0.151 e. The van der Waals surface area contributed by atoms with Gasteiger partial charge in [-0.15, -0.1) is 0 Å². The molecule has 4 nitrogen and oxygen atoms in total. The van der Waals surface area contributed by atoms with Crippen LogP contribution in [0.2, 0.25) is 0 Å². The minimum absolute atomic E-state index is 0.0760. The molecule has 1 N–H and O–H groups in total. The number of hydrogen-bond donors (Lipinski definition) is 1. The van der Waals surface area contributed by atoms with E-state index >= 15 is 0 Å². The summed E-state index contributed by atoms with van der Waals surface area (Å²) in [4.78, 5) is 0. The van der Waals surface area contributed by atoms with Crippen molar-refractivity contribution in [3.8, 4) is 5.75 Å². The van der Waals surface area contributed by atoms with Crippen LogP contribution in [0.1, 0.15) is 24.9 Å². The summed E-state index contributed by atoms with van der Waals surface area (Å²) in [6, 6.07) is 8.05. The largest absolute Gasteiger partial charge is 0.497 e. The number of nitrogens with one attached hydrogen (secondary N) is 1. The quantitative estimate of drug-likeness (QED) is 0.900. The first-order chi connectivity index (χ1) is 8.50. The molecule has 0 amide bonds. The lowest BCUT2D eigenvalue weighted by Crippen LogP contribution is -2.32. The summed E-state index contributed by atoms with van der Waals surface area (Å²) in [6.45, 7) is 2.05. The molecule has 2 atom stereocenters. The van der Waals surface area contributed by atoms with Gasteiger partial charge in [0.2, 0.25) is 0 Å². The molecule has 0 aliphatic carbocycles. The molecule has 0 bridgehead atoms. The molecule has 100 valence electrons. The lowest BCUT2D eigenvalue weighted by Gasteiger charge is -2.19. The summed E-state index contributed by atoms with van der Waals surface area (Å²) in [5.41, 5.74) is 1.14. The summed E-state index contributed by atoms with van der Waals surface area (Å²) in [5.74, 6) is 1.39. The van der Waals surface area contributed by atoms with Crippen LogP contribution >= 0.6 is 0 Å². The third kappa shape index (κ3) is 3.23. The van der Waals surface area contributed by atoms with Gasteiger partial charge >= 0.3 is 0 Å². The second-order valence-corrected chi connectivity index (χ2v) is 6.99. The minimum atomic E-state index is -2.82. The molecule has 1 aliphatic heterocycles. The first-order valence-electron chi connectivity index (χ1n) is 6.10. The number of rotatable bonds is 4. The van der Waals surface area contributed by atoms with Gasteiger partial charge < -0.3 is 10.1 Å². The zero-order valence-electron chi connectivity index (χ0n) is 10.7. The summed E-state index contributed by atoms with van der Waals surface area (Å²) in [5, 5.41) is 3.37. The highest BCUT2D eigenvalue weighted by Gasteiger charge is 2.28. The van der Waals surface area contributed by atoms with Crippen molar-refractivity contribution in [3.05, 3.63) is 29.8 Å². The molecule has 0 saturated carbocycles. The van der Waals surface area contributed by atoms with Crippen LogP contribution in [0.15, 0.2) is 24.3 Å². The molecule has 1 heterocycles. The van der Waals surface area contributed by atoms with Crippen molar-refractivity contribution in [2.24, 2.45) is 0 Å². The van der Waals surface area contributed by atoms with E-state index in [0.717, 1.165) is 11.3 Å². The first kappa shape index (κ1) is 13.4. The normalized spacial score (nSPS) is 23.8. The van der Waals surface area contributed by atoms with Crippen molar-refractivity contribution in [1.29, 1.82) is 0 Å². The third-order valence-corrected chi connectivity index (χ3v) is 5.10. The lowest BCUT2D eigenvalue weighted by atomic mass is 10.1. The fourth-order valence-electron chi connectivity index (χ4n) is 2.27. The van der Waals surface area contributed by atoms with E-state index in [1.165, 1.54) is 0 Å². The van der Waals surface area contributed by atoms with Gasteiger partial charge in [0.25, 0.3) is 0 Å². The predicted molar refractivity (Wildman–Crippen MR) is 71.6 cm³/mol. The average Bonchev–Trinajstić information content (AvgIpc) is 2.68. The van der Waals surface area contributed by atoms with Crippen molar-refractivity contribution in [3.63, 3.8) is 0 Å². The summed E-state index contributed by atoms with van der Waals surface area (Å²) in [6.07, 6.45) is 0.711. The van der Waals surface area contributed by atoms with Gasteiger partial charge in [-0.2, -0.15) is 0 Å². The van der Waals surface area contributed by atoms with Crippen LogP contribution in [0.3, 0.4) is 0 Å². The van der Waals surface area contributed by atoms with Crippen molar-refractivity contribution in [1.82, 2.24) is 5.32 Å². The van der Waals surface area contributed by atoms with Crippen LogP contribution in [0.5, 0.6) is 5.75 Å². The van der Waals surface area contributed by atoms with E-state index in [9.17, 15) is 8.42 Å². The summed E-state index contributed by atoms with van der Waals surface area (Å²) in [7, 11) is -1.18. The molecule has 1 aromatic carbocycles. The van der Waals surface area contributed by atoms with Gasteiger partial charge in [0, 0.05) is 12.1 Å². The Bertz CT molecular complexity index is 495. The number of benzene rings is 1. The maximum atomic E-state index is 11.4. The molecule has 5 heteroatoms. The van der Waals surface area contributed by atoms with E-state index in [-0.39, 0.29) is 17.8 Å². The Labute approximate surface area is 108 Å². The topological polar surface area (TPSA) is 55.4 Å². The highest BCUT2D eigenvalue weighted by atomic mass is 32.2. The van der Waals surface area contributed by atoms with Crippen molar-refractivity contribution in [2.75, 3.05) is 18.6 Å². The highest BCUT2D eigenvalue weighted by Crippen LogP contribution is 2.20. The zero-order chi connectivity index (χ0) is 13.2. The molecular formula is C13H19NO3S. The Morgan fingerprint density at radius 3 is 2.50 bits per heavy atom. The predicted octanol–water partition coefficient (Wildman–Crippen LogP) is 1.53. The van der Waals surface area contributed by atoms with Gasteiger partial charge in [-0.05, 0) is 31.0 Å². The Balaban J connectivity index is 1.97. The fraction of sp³-hybridized carbons (Fsp3) is 0.538. The summed E-state index contributed by atoms with van der Waals surface area (Å²) >= 11 is 0. The maximum absolute atomic E-state index is 11.4. The fourth-order valence-corrected chi connectivity index (χ4v) is 3.96. The van der Waals surface area contributed by atoms with Crippen molar-refractivity contribution >= 4 is 9.84 Å². The number of methoxy groups -OCH3 is 1. The zero-order valence-corrected chi connectivity index (χ0v) is 11.5. The number of hydrogen-bond acceptors (Lipinski definition) is 4. The second kappa shape index (κ2) is 5.28. The number of sulfone groups is 1. The van der Waals surface area contributed by atoms with Gasteiger partial charge in [0.05, 0.1) is 18.6 Å². The minimum Gasteiger partial charge on any atom is -0.497 e. The van der Waals surface area contributed by atoms with Crippen LogP contribution in [0, 0.1) is 0 Å². The van der Waals surface area contributed by atoms with Crippen LogP contribution in [0.25, 0.3) is 0 Å². The van der Waals surface area contributed by atoms with Gasteiger partial charge in [0.1, 0.15) is 5.75 Å². The Morgan fingerprint density at radius 1 is 1.33 bits per heavy atom. The highest BCUT2D eigenvalue weighted by molar-refractivity contribution is 7.91. The molecular weight excluding hydrogens is 250 g/mol. The molecule has 18 heavy (non-hydrogen) atoms. The van der Waals surface area contributed by atoms with Crippen molar-refractivity contribution in [2.45, 2.75) is 25.4 Å². The molecule has 0 spiro atoms. The van der Waals surface area contributed by atoms with E-state index in [4.69, 9.17) is 4.74 Å². The molecule has 1 fully saturated rings. The van der Waals surface area contributed by atoms with Crippen molar-refractivity contribution < 1.29 is 13.2 Å². The van der Waals surface area contributed by atoms with Gasteiger partial charge in [0.15, 0.2) is 9.84 Å². The van der Waals surface area contributed by atoms with E-state index in [1.54, 1.807) is 7.11 Å². The average molecular weight is 269 g/mol. The van der Waals surface area contributed by atoms with E-state index in [0.29, 0.717) is 12.2 Å². The first-order valence-corrected chi connectivity index (χ1v) is 7.93. The maximum Gasteiger partial charge on any atom is 0.151 e. The van der Waals surface area contributed by atoms with Crippen LogP contribution in [0.4, 0.5) is 0 Å². The van der Waals surface area contributed by atoms with E-state index in [1.807, 2.05) is 31.2 Å². The van der Waals surface area contributed by atoms with Crippen LogP contribution < -0.4 is 10.1 Å². The molecule has 0 radical (unpaired) electrons. The Kier molecular flexibility index (Phi) is 3.92. The number of ether oxygens (including phenoxy) is 1. The Hall–Kier alpha value is -1.07. The van der Waals surface area contributed by atoms with Gasteiger partial charge in [-0.3, -0.25) is 0 Å².